The summed E-state index contributed by atoms with van der Waals surface area (Å²) in [6, 6.07) is -0.536. The number of nitrogens with one attached hydrogen (secondary N) is 1. The van der Waals surface area contributed by atoms with Gasteiger partial charge in [-0.05, 0) is 18.8 Å². The smallest absolute Gasteiger partial charge is 0.241 e. The van der Waals surface area contributed by atoms with Gasteiger partial charge in [-0.2, -0.15) is 0 Å². The fraction of sp³-hybridized carbons (Fsp3) is 0.818. The number of carbonyl (C=O) groups excluding carboxylic acids is 2. The summed E-state index contributed by atoms with van der Waals surface area (Å²) >= 11 is 0. The van der Waals surface area contributed by atoms with Crippen molar-refractivity contribution in [1.29, 1.82) is 0 Å². The highest BCUT2D eigenvalue weighted by Gasteiger charge is 2.21. The van der Waals surface area contributed by atoms with Crippen LogP contribution in [0.4, 0.5) is 0 Å². The number of hydrogen-bond donors (Lipinski definition) is 2. The van der Waals surface area contributed by atoms with Crippen LogP contribution in [0.5, 0.6) is 0 Å². The van der Waals surface area contributed by atoms with Crippen molar-refractivity contribution in [3.05, 3.63) is 0 Å². The summed E-state index contributed by atoms with van der Waals surface area (Å²) in [6.07, 6.45) is 2.12. The summed E-state index contributed by atoms with van der Waals surface area (Å²) in [4.78, 5) is 24.9. The average Bonchev–Trinajstić information content (AvgIpc) is 2.77. The van der Waals surface area contributed by atoms with E-state index in [0.29, 0.717) is 0 Å². The van der Waals surface area contributed by atoms with Crippen molar-refractivity contribution in [3.8, 4) is 0 Å². The molecule has 0 spiro atoms. The van der Waals surface area contributed by atoms with Gasteiger partial charge in [-0.3, -0.25) is 9.59 Å². The molecule has 0 unspecified atom stereocenters. The van der Waals surface area contributed by atoms with E-state index in [1.807, 2.05) is 13.8 Å². The summed E-state index contributed by atoms with van der Waals surface area (Å²) in [5, 5.41) is 2.59. The first-order valence-electron chi connectivity index (χ1n) is 5.83. The van der Waals surface area contributed by atoms with Crippen LogP contribution in [0.3, 0.4) is 0 Å². The van der Waals surface area contributed by atoms with E-state index in [1.165, 1.54) is 0 Å². The number of nitrogens with zero attached hydrogens (tertiary/aromatic N) is 1. The molecule has 3 N–H and O–H groups in total. The van der Waals surface area contributed by atoms with Gasteiger partial charge >= 0.3 is 0 Å². The molecule has 1 aliphatic rings. The Morgan fingerprint density at radius 2 is 1.82 bits per heavy atom. The molecule has 0 aromatic heterocycles. The summed E-state index contributed by atoms with van der Waals surface area (Å²) < 4.78 is 0. The Morgan fingerprint density at radius 1 is 1.29 bits per heavy atom. The molecule has 6 heteroatoms. The minimum atomic E-state index is -0.536. The normalized spacial score (nSPS) is 16.6. The standard InChI is InChI=1S/C11H21N3O2.ClH/c1-8(2)10(12)11(16)13-7-9(15)14-5-3-4-6-14;/h8,10H,3-7,12H2,1-2H3,(H,13,16);1H/t10-;/m1./s1. The zero-order valence-corrected chi connectivity index (χ0v) is 11.3. The highest BCUT2D eigenvalue weighted by molar-refractivity contribution is 5.87. The number of likely N-dealkylation sites (tertiary alicyclic amines) is 1. The molecule has 0 saturated carbocycles. The lowest BCUT2D eigenvalue weighted by Gasteiger charge is -2.18. The van der Waals surface area contributed by atoms with Crippen LogP contribution in [-0.4, -0.2) is 42.4 Å². The summed E-state index contributed by atoms with van der Waals surface area (Å²) in [5.41, 5.74) is 5.66. The fourth-order valence-corrected chi connectivity index (χ4v) is 1.66. The molecule has 0 aromatic carbocycles. The molecule has 100 valence electrons. The first kappa shape index (κ1) is 16.2. The lowest BCUT2D eigenvalue weighted by molar-refractivity contribution is -0.132. The lowest BCUT2D eigenvalue weighted by atomic mass is 10.1. The molecule has 0 radical (unpaired) electrons. The molecule has 2 amide bonds. The second-order valence-corrected chi connectivity index (χ2v) is 4.58. The van der Waals surface area contributed by atoms with E-state index in [9.17, 15) is 9.59 Å². The molecule has 0 aliphatic carbocycles. The summed E-state index contributed by atoms with van der Waals surface area (Å²) in [7, 11) is 0. The Labute approximate surface area is 109 Å². The third kappa shape index (κ3) is 4.91. The highest BCUT2D eigenvalue weighted by atomic mass is 35.5. The molecular weight excluding hydrogens is 242 g/mol. The van der Waals surface area contributed by atoms with Gasteiger partial charge in [0.15, 0.2) is 0 Å². The Balaban J connectivity index is 0.00000256. The zero-order chi connectivity index (χ0) is 12.1. The molecule has 1 atom stereocenters. The van der Waals surface area contributed by atoms with Crippen molar-refractivity contribution >= 4 is 24.2 Å². The van der Waals surface area contributed by atoms with Crippen molar-refractivity contribution < 1.29 is 9.59 Å². The number of amides is 2. The van der Waals surface area contributed by atoms with E-state index < -0.39 is 6.04 Å². The predicted molar refractivity (Wildman–Crippen MR) is 68.9 cm³/mol. The molecule has 0 aromatic rings. The van der Waals surface area contributed by atoms with Crippen molar-refractivity contribution in [2.45, 2.75) is 32.7 Å². The first-order chi connectivity index (χ1) is 7.52. The van der Waals surface area contributed by atoms with Crippen LogP contribution in [0, 0.1) is 5.92 Å². The van der Waals surface area contributed by atoms with Gasteiger partial charge in [-0.25, -0.2) is 0 Å². The maximum absolute atomic E-state index is 11.6. The molecule has 17 heavy (non-hydrogen) atoms. The van der Waals surface area contributed by atoms with Gasteiger partial charge in [-0.15, -0.1) is 12.4 Å². The van der Waals surface area contributed by atoms with Crippen LogP contribution in [0.25, 0.3) is 0 Å². The number of carbonyl (C=O) groups is 2. The van der Waals surface area contributed by atoms with Crippen LogP contribution in [0.1, 0.15) is 26.7 Å². The van der Waals surface area contributed by atoms with Crippen LogP contribution < -0.4 is 11.1 Å². The Morgan fingerprint density at radius 3 is 2.29 bits per heavy atom. The van der Waals surface area contributed by atoms with Gasteiger partial charge in [0.2, 0.25) is 11.8 Å². The number of halogens is 1. The van der Waals surface area contributed by atoms with E-state index in [1.54, 1.807) is 4.90 Å². The van der Waals surface area contributed by atoms with Crippen molar-refractivity contribution in [3.63, 3.8) is 0 Å². The average molecular weight is 264 g/mol. The Bertz CT molecular complexity index is 251. The van der Waals surface area contributed by atoms with E-state index in [-0.39, 0.29) is 36.7 Å². The molecule has 1 saturated heterocycles. The van der Waals surface area contributed by atoms with Crippen molar-refractivity contribution in [1.82, 2.24) is 10.2 Å². The largest absolute Gasteiger partial charge is 0.346 e. The topological polar surface area (TPSA) is 75.4 Å². The van der Waals surface area contributed by atoms with Crippen molar-refractivity contribution in [2.75, 3.05) is 19.6 Å². The number of hydrogen-bond acceptors (Lipinski definition) is 3. The zero-order valence-electron chi connectivity index (χ0n) is 10.4. The number of nitrogens with two attached hydrogens (primary N) is 1. The molecule has 1 rings (SSSR count). The van der Waals surface area contributed by atoms with E-state index >= 15 is 0 Å². The Hall–Kier alpha value is -0.810. The number of rotatable bonds is 4. The predicted octanol–water partition coefficient (Wildman–Crippen LogP) is 0.130. The minimum absolute atomic E-state index is 0. The maximum atomic E-state index is 11.6. The third-order valence-corrected chi connectivity index (χ3v) is 2.89. The third-order valence-electron chi connectivity index (χ3n) is 2.89. The second kappa shape index (κ2) is 7.50. The molecule has 0 bridgehead atoms. The van der Waals surface area contributed by atoms with Gasteiger partial charge in [0.1, 0.15) is 0 Å². The molecule has 1 fully saturated rings. The SMILES string of the molecule is CC(C)[C@@H](N)C(=O)NCC(=O)N1CCCC1.Cl. The van der Waals surface area contributed by atoms with Crippen LogP contribution in [0.2, 0.25) is 0 Å². The second-order valence-electron chi connectivity index (χ2n) is 4.58. The molecule has 1 aliphatic heterocycles. The highest BCUT2D eigenvalue weighted by Crippen LogP contribution is 2.06. The molecular formula is C11H22ClN3O2. The first-order valence-corrected chi connectivity index (χ1v) is 5.83. The van der Waals surface area contributed by atoms with Gasteiger partial charge in [0.25, 0.3) is 0 Å². The molecule has 5 nitrogen and oxygen atoms in total. The van der Waals surface area contributed by atoms with Gasteiger partial charge < -0.3 is 16.0 Å². The summed E-state index contributed by atoms with van der Waals surface area (Å²) in [5.74, 6) is -0.175. The van der Waals surface area contributed by atoms with Gasteiger partial charge in [0.05, 0.1) is 12.6 Å². The fourth-order valence-electron chi connectivity index (χ4n) is 1.66. The Kier molecular flexibility index (Phi) is 7.15. The van der Waals surface area contributed by atoms with Crippen molar-refractivity contribution in [2.24, 2.45) is 11.7 Å². The van der Waals surface area contributed by atoms with E-state index in [2.05, 4.69) is 5.32 Å². The van der Waals surface area contributed by atoms with Crippen LogP contribution >= 0.6 is 12.4 Å². The minimum Gasteiger partial charge on any atom is -0.346 e. The lowest BCUT2D eigenvalue weighted by Crippen LogP contribution is -2.47. The monoisotopic (exact) mass is 263 g/mol. The van der Waals surface area contributed by atoms with Gasteiger partial charge in [0, 0.05) is 13.1 Å². The molecule has 1 heterocycles. The summed E-state index contributed by atoms with van der Waals surface area (Å²) in [6.45, 7) is 5.45. The van der Waals surface area contributed by atoms with E-state index in [4.69, 9.17) is 5.73 Å². The van der Waals surface area contributed by atoms with Crippen LogP contribution in [0.15, 0.2) is 0 Å². The maximum Gasteiger partial charge on any atom is 0.241 e. The van der Waals surface area contributed by atoms with Crippen LogP contribution in [-0.2, 0) is 9.59 Å². The van der Waals surface area contributed by atoms with Gasteiger partial charge in [-0.1, -0.05) is 13.8 Å². The van der Waals surface area contributed by atoms with E-state index in [0.717, 1.165) is 25.9 Å². The quantitative estimate of drug-likeness (QED) is 0.757.